The molecule has 1 heterocycles. The molecule has 2 rings (SSSR count). The molecule has 1 aliphatic heterocycles. The summed E-state index contributed by atoms with van der Waals surface area (Å²) in [6.45, 7) is 10.1. The number of benzene rings is 1. The zero-order chi connectivity index (χ0) is 19.6. The number of hydrogen-bond acceptors (Lipinski definition) is 3. The molecule has 1 fully saturated rings. The van der Waals surface area contributed by atoms with E-state index in [1.54, 1.807) is 0 Å². The summed E-state index contributed by atoms with van der Waals surface area (Å²) in [5.74, 6) is 1.01. The van der Waals surface area contributed by atoms with Crippen LogP contribution in [0.5, 0.6) is 0 Å². The fraction of sp³-hybridized carbons (Fsp3) is 0.619. The number of amides is 1. The van der Waals surface area contributed by atoms with Crippen molar-refractivity contribution in [3.05, 3.63) is 35.4 Å². The van der Waals surface area contributed by atoms with Gasteiger partial charge in [-0.25, -0.2) is 0 Å². The standard InChI is InChI=1S/C21H35N5O/c1-4-25(5-2)15-18-10-8-17(9-11-18)14-24-21(23-3)26-12-6-7-19(16-26)13-20(22)27/h8-11,19H,4-7,12-16H2,1-3H3,(H2,22,27)(H,23,24). The van der Waals surface area contributed by atoms with Gasteiger partial charge in [-0.2, -0.15) is 0 Å². The molecular formula is C21H35N5O. The molecule has 0 radical (unpaired) electrons. The lowest BCUT2D eigenvalue weighted by molar-refractivity contribution is -0.119. The largest absolute Gasteiger partial charge is 0.370 e. The number of nitrogens with one attached hydrogen (secondary N) is 1. The van der Waals surface area contributed by atoms with Gasteiger partial charge in [0.15, 0.2) is 5.96 Å². The Labute approximate surface area is 163 Å². The molecule has 1 aromatic carbocycles. The molecule has 1 aromatic rings. The highest BCUT2D eigenvalue weighted by molar-refractivity contribution is 5.80. The van der Waals surface area contributed by atoms with Crippen LogP contribution in [-0.4, -0.2) is 54.9 Å². The first-order valence-electron chi connectivity index (χ1n) is 10.1. The molecular weight excluding hydrogens is 338 g/mol. The van der Waals surface area contributed by atoms with E-state index in [4.69, 9.17) is 5.73 Å². The molecule has 6 nitrogen and oxygen atoms in total. The topological polar surface area (TPSA) is 74.0 Å². The second kappa shape index (κ2) is 10.9. The second-order valence-electron chi connectivity index (χ2n) is 7.30. The Kier molecular flexibility index (Phi) is 8.58. The van der Waals surface area contributed by atoms with Crippen molar-refractivity contribution in [2.75, 3.05) is 33.2 Å². The van der Waals surface area contributed by atoms with Crippen molar-refractivity contribution in [3.8, 4) is 0 Å². The highest BCUT2D eigenvalue weighted by Crippen LogP contribution is 2.19. The van der Waals surface area contributed by atoms with Crippen LogP contribution in [0.1, 0.15) is 44.2 Å². The van der Waals surface area contributed by atoms with Crippen LogP contribution in [-0.2, 0) is 17.9 Å². The number of nitrogens with two attached hydrogens (primary N) is 1. The Morgan fingerprint density at radius 1 is 1.26 bits per heavy atom. The summed E-state index contributed by atoms with van der Waals surface area (Å²) >= 11 is 0. The number of rotatable bonds is 8. The number of hydrogen-bond donors (Lipinski definition) is 2. The minimum Gasteiger partial charge on any atom is -0.370 e. The number of primary amides is 1. The molecule has 0 aromatic heterocycles. The maximum Gasteiger partial charge on any atom is 0.217 e. The Bertz CT molecular complexity index is 610. The van der Waals surface area contributed by atoms with Gasteiger partial charge in [0.25, 0.3) is 0 Å². The quantitative estimate of drug-likeness (QED) is 0.541. The summed E-state index contributed by atoms with van der Waals surface area (Å²) in [5.41, 5.74) is 7.95. The van der Waals surface area contributed by atoms with Crippen molar-refractivity contribution >= 4 is 11.9 Å². The van der Waals surface area contributed by atoms with Crippen molar-refractivity contribution < 1.29 is 4.79 Å². The van der Waals surface area contributed by atoms with Crippen molar-refractivity contribution in [2.45, 2.75) is 46.2 Å². The van der Waals surface area contributed by atoms with Crippen LogP contribution in [0.4, 0.5) is 0 Å². The molecule has 6 heteroatoms. The van der Waals surface area contributed by atoms with Crippen LogP contribution in [0.25, 0.3) is 0 Å². The van der Waals surface area contributed by atoms with E-state index in [2.05, 4.69) is 58.2 Å². The molecule has 150 valence electrons. The van der Waals surface area contributed by atoms with Gasteiger partial charge >= 0.3 is 0 Å². The SMILES string of the molecule is CCN(CC)Cc1ccc(CNC(=NC)N2CCCC(CC(N)=O)C2)cc1. The molecule has 1 amide bonds. The van der Waals surface area contributed by atoms with Gasteiger partial charge in [-0.1, -0.05) is 38.1 Å². The third-order valence-corrected chi connectivity index (χ3v) is 5.29. The summed E-state index contributed by atoms with van der Waals surface area (Å²) in [4.78, 5) is 20.3. The van der Waals surface area contributed by atoms with Gasteiger partial charge in [0.1, 0.15) is 0 Å². The summed E-state index contributed by atoms with van der Waals surface area (Å²) in [7, 11) is 1.81. The van der Waals surface area contributed by atoms with Gasteiger partial charge < -0.3 is 16.0 Å². The number of nitrogens with zero attached hydrogens (tertiary/aromatic N) is 3. The van der Waals surface area contributed by atoms with Crippen LogP contribution in [0.3, 0.4) is 0 Å². The first kappa shape index (κ1) is 21.2. The van der Waals surface area contributed by atoms with E-state index in [9.17, 15) is 4.79 Å². The molecule has 1 saturated heterocycles. The first-order valence-corrected chi connectivity index (χ1v) is 10.1. The first-order chi connectivity index (χ1) is 13.0. The second-order valence-corrected chi connectivity index (χ2v) is 7.30. The Morgan fingerprint density at radius 2 is 1.93 bits per heavy atom. The predicted molar refractivity (Wildman–Crippen MR) is 111 cm³/mol. The maximum atomic E-state index is 11.2. The number of guanidine groups is 1. The van der Waals surface area contributed by atoms with Crippen molar-refractivity contribution in [2.24, 2.45) is 16.6 Å². The van der Waals surface area contributed by atoms with Gasteiger partial charge in [-0.05, 0) is 43.0 Å². The maximum absolute atomic E-state index is 11.2. The summed E-state index contributed by atoms with van der Waals surface area (Å²) in [6.07, 6.45) is 2.59. The summed E-state index contributed by atoms with van der Waals surface area (Å²) in [5, 5.41) is 3.46. The molecule has 0 aliphatic carbocycles. The minimum absolute atomic E-state index is 0.213. The van der Waals surface area contributed by atoms with E-state index >= 15 is 0 Å². The van der Waals surface area contributed by atoms with Crippen LogP contribution in [0.15, 0.2) is 29.3 Å². The average molecular weight is 374 g/mol. The lowest BCUT2D eigenvalue weighted by Crippen LogP contribution is -2.46. The van der Waals surface area contributed by atoms with E-state index in [0.717, 1.165) is 58.1 Å². The Balaban J connectivity index is 1.87. The zero-order valence-corrected chi connectivity index (χ0v) is 17.1. The van der Waals surface area contributed by atoms with Gasteiger partial charge in [0, 0.05) is 39.6 Å². The highest BCUT2D eigenvalue weighted by atomic mass is 16.1. The average Bonchev–Trinajstić information content (AvgIpc) is 2.67. The van der Waals surface area contributed by atoms with Crippen molar-refractivity contribution in [1.82, 2.24) is 15.1 Å². The fourth-order valence-corrected chi connectivity index (χ4v) is 3.69. The zero-order valence-electron chi connectivity index (χ0n) is 17.1. The molecule has 27 heavy (non-hydrogen) atoms. The molecule has 3 N–H and O–H groups in total. The Hall–Kier alpha value is -2.08. The van der Waals surface area contributed by atoms with Crippen LogP contribution in [0, 0.1) is 5.92 Å². The predicted octanol–water partition coefficient (Wildman–Crippen LogP) is 2.19. The number of carbonyl (C=O) groups excluding carboxylic acids is 1. The molecule has 0 saturated carbocycles. The van der Waals surface area contributed by atoms with Crippen LogP contribution >= 0.6 is 0 Å². The van der Waals surface area contributed by atoms with Crippen LogP contribution < -0.4 is 11.1 Å². The smallest absolute Gasteiger partial charge is 0.217 e. The highest BCUT2D eigenvalue weighted by Gasteiger charge is 2.23. The van der Waals surface area contributed by atoms with E-state index in [1.807, 2.05) is 7.05 Å². The number of aliphatic imine (C=N–C) groups is 1. The number of piperidine rings is 1. The summed E-state index contributed by atoms with van der Waals surface area (Å²) in [6, 6.07) is 8.79. The normalized spacial score (nSPS) is 18.0. The van der Waals surface area contributed by atoms with E-state index < -0.39 is 0 Å². The number of carbonyl (C=O) groups is 1. The van der Waals surface area contributed by atoms with Gasteiger partial charge in [0.05, 0.1) is 0 Å². The molecule has 0 spiro atoms. The molecule has 0 bridgehead atoms. The molecule has 1 atom stereocenters. The lowest BCUT2D eigenvalue weighted by Gasteiger charge is -2.34. The number of likely N-dealkylation sites (tertiary alicyclic amines) is 1. The third kappa shape index (κ3) is 6.86. The van der Waals surface area contributed by atoms with E-state index in [0.29, 0.717) is 12.3 Å². The molecule has 1 unspecified atom stereocenters. The third-order valence-electron chi connectivity index (χ3n) is 5.29. The Morgan fingerprint density at radius 3 is 2.52 bits per heavy atom. The molecule has 1 aliphatic rings. The van der Waals surface area contributed by atoms with E-state index in [-0.39, 0.29) is 5.91 Å². The van der Waals surface area contributed by atoms with Crippen molar-refractivity contribution in [1.29, 1.82) is 0 Å². The van der Waals surface area contributed by atoms with Gasteiger partial charge in [-0.3, -0.25) is 14.7 Å². The monoisotopic (exact) mass is 373 g/mol. The lowest BCUT2D eigenvalue weighted by atomic mass is 9.95. The van der Waals surface area contributed by atoms with Crippen molar-refractivity contribution in [3.63, 3.8) is 0 Å². The van der Waals surface area contributed by atoms with Gasteiger partial charge in [-0.15, -0.1) is 0 Å². The van der Waals surface area contributed by atoms with E-state index in [1.165, 1.54) is 11.1 Å². The van der Waals surface area contributed by atoms with Gasteiger partial charge in [0.2, 0.25) is 5.91 Å². The summed E-state index contributed by atoms with van der Waals surface area (Å²) < 4.78 is 0. The minimum atomic E-state index is -0.213. The van der Waals surface area contributed by atoms with Crippen LogP contribution in [0.2, 0.25) is 0 Å². The fourth-order valence-electron chi connectivity index (χ4n) is 3.69.